The van der Waals surface area contributed by atoms with Gasteiger partial charge in [0, 0.05) is 18.2 Å². The smallest absolute Gasteiger partial charge is 0.235 e. The molecule has 9 nitrogen and oxygen atoms in total. The van der Waals surface area contributed by atoms with Gasteiger partial charge in [-0.3, -0.25) is 4.72 Å². The molecule has 0 aromatic heterocycles. The van der Waals surface area contributed by atoms with Crippen LogP contribution in [0.4, 0.5) is 5.69 Å². The van der Waals surface area contributed by atoms with E-state index in [1.807, 2.05) is 0 Å². The van der Waals surface area contributed by atoms with Crippen molar-refractivity contribution in [3.8, 4) is 28.7 Å². The summed E-state index contributed by atoms with van der Waals surface area (Å²) >= 11 is 0. The van der Waals surface area contributed by atoms with Crippen LogP contribution in [0.2, 0.25) is 0 Å². The summed E-state index contributed by atoms with van der Waals surface area (Å²) in [6.45, 7) is 0. The van der Waals surface area contributed by atoms with Crippen LogP contribution in [0.5, 0.6) is 28.7 Å². The minimum Gasteiger partial charge on any atom is -0.504 e. The van der Waals surface area contributed by atoms with E-state index in [9.17, 15) is 18.6 Å². The lowest BCUT2D eigenvalue weighted by atomic mass is 10.1. The first-order valence-electron chi connectivity index (χ1n) is 8.10. The number of benzene rings is 2. The second-order valence-electron chi connectivity index (χ2n) is 5.73. The molecule has 0 saturated heterocycles. The minimum absolute atomic E-state index is 0.124. The molecule has 0 saturated carbocycles. The zero-order valence-corrected chi connectivity index (χ0v) is 16.7. The van der Waals surface area contributed by atoms with Gasteiger partial charge in [0.15, 0.2) is 11.5 Å². The average molecular weight is 413 g/mol. The van der Waals surface area contributed by atoms with Gasteiger partial charge >= 0.3 is 0 Å². The molecule has 0 radical (unpaired) electrons. The number of phenolic OH excluding ortho intramolecular Hbond substituents is 1. The average Bonchev–Trinajstić information content (AvgIpc) is 2.65. The van der Waals surface area contributed by atoms with Crippen molar-refractivity contribution in [3.63, 3.8) is 0 Å². The molecule has 0 aliphatic rings. The second-order valence-corrected chi connectivity index (χ2v) is 7.50. The first kappa shape index (κ1) is 21.5. The third-order valence-electron chi connectivity index (χ3n) is 3.92. The van der Waals surface area contributed by atoms with Crippen LogP contribution in [0, 0.1) is 0 Å². The Bertz CT molecular complexity index is 904. The SMILES string of the molecule is COc1cc(OC)c(C(O)CS(=O)(=O)Nc2ccc(OC)c(O)c2)c(OC)c1. The van der Waals surface area contributed by atoms with Crippen molar-refractivity contribution in [2.75, 3.05) is 38.9 Å². The molecule has 2 rings (SSSR count). The highest BCUT2D eigenvalue weighted by Gasteiger charge is 2.26. The normalized spacial score (nSPS) is 12.2. The third kappa shape index (κ3) is 4.90. The molecule has 1 unspecified atom stereocenters. The molecule has 0 bridgehead atoms. The van der Waals surface area contributed by atoms with Gasteiger partial charge in [-0.2, -0.15) is 0 Å². The van der Waals surface area contributed by atoms with Crippen molar-refractivity contribution in [2.24, 2.45) is 0 Å². The third-order valence-corrected chi connectivity index (χ3v) is 5.22. The molecule has 0 spiro atoms. The van der Waals surface area contributed by atoms with Crippen LogP contribution in [0.25, 0.3) is 0 Å². The van der Waals surface area contributed by atoms with Gasteiger partial charge in [0.05, 0.1) is 45.4 Å². The van der Waals surface area contributed by atoms with Crippen LogP contribution in [0.15, 0.2) is 30.3 Å². The van der Waals surface area contributed by atoms with E-state index in [2.05, 4.69) is 4.72 Å². The number of hydrogen-bond donors (Lipinski definition) is 3. The monoisotopic (exact) mass is 413 g/mol. The van der Waals surface area contributed by atoms with E-state index in [-0.39, 0.29) is 34.2 Å². The summed E-state index contributed by atoms with van der Waals surface area (Å²) in [5.74, 6) is 0.192. The lowest BCUT2D eigenvalue weighted by Crippen LogP contribution is -2.22. The van der Waals surface area contributed by atoms with Crippen LogP contribution in [0.3, 0.4) is 0 Å². The first-order valence-corrected chi connectivity index (χ1v) is 9.75. The summed E-state index contributed by atoms with van der Waals surface area (Å²) in [4.78, 5) is 0. The Morgan fingerprint density at radius 1 is 0.929 bits per heavy atom. The van der Waals surface area contributed by atoms with Crippen molar-refractivity contribution >= 4 is 15.7 Å². The van der Waals surface area contributed by atoms with Crippen molar-refractivity contribution in [2.45, 2.75) is 6.10 Å². The first-order chi connectivity index (χ1) is 13.2. The van der Waals surface area contributed by atoms with Gasteiger partial charge in [-0.25, -0.2) is 8.42 Å². The fraction of sp³-hybridized carbons (Fsp3) is 0.333. The molecule has 0 amide bonds. The summed E-state index contributed by atoms with van der Waals surface area (Å²) in [6, 6.07) is 7.08. The van der Waals surface area contributed by atoms with Gasteiger partial charge in [0.1, 0.15) is 23.4 Å². The number of aliphatic hydroxyl groups is 1. The van der Waals surface area contributed by atoms with Gasteiger partial charge < -0.3 is 29.2 Å². The molecule has 2 aromatic carbocycles. The number of ether oxygens (including phenoxy) is 4. The lowest BCUT2D eigenvalue weighted by molar-refractivity contribution is 0.191. The summed E-state index contributed by atoms with van der Waals surface area (Å²) in [7, 11) is 1.64. The minimum atomic E-state index is -3.98. The summed E-state index contributed by atoms with van der Waals surface area (Å²) < 4.78 is 47.8. The molecule has 0 aliphatic heterocycles. The predicted molar refractivity (Wildman–Crippen MR) is 103 cm³/mol. The predicted octanol–water partition coefficient (Wildman–Crippen LogP) is 1.90. The lowest BCUT2D eigenvalue weighted by Gasteiger charge is -2.19. The van der Waals surface area contributed by atoms with Crippen molar-refractivity contribution in [1.82, 2.24) is 0 Å². The molecule has 1 atom stereocenters. The highest BCUT2D eigenvalue weighted by Crippen LogP contribution is 2.39. The zero-order valence-electron chi connectivity index (χ0n) is 15.9. The van der Waals surface area contributed by atoms with Crippen LogP contribution < -0.4 is 23.7 Å². The van der Waals surface area contributed by atoms with E-state index < -0.39 is 21.9 Å². The van der Waals surface area contributed by atoms with Gasteiger partial charge in [0.2, 0.25) is 10.0 Å². The Labute approximate surface area is 163 Å². The number of sulfonamides is 1. The topological polar surface area (TPSA) is 124 Å². The van der Waals surface area contributed by atoms with Crippen molar-refractivity contribution in [1.29, 1.82) is 0 Å². The van der Waals surface area contributed by atoms with Crippen LogP contribution in [-0.2, 0) is 10.0 Å². The van der Waals surface area contributed by atoms with Gasteiger partial charge in [-0.05, 0) is 12.1 Å². The van der Waals surface area contributed by atoms with Crippen LogP contribution in [0.1, 0.15) is 11.7 Å². The zero-order chi connectivity index (χ0) is 20.9. The molecule has 3 N–H and O–H groups in total. The number of aromatic hydroxyl groups is 1. The van der Waals surface area contributed by atoms with Crippen LogP contribution >= 0.6 is 0 Å². The maximum atomic E-state index is 12.5. The fourth-order valence-electron chi connectivity index (χ4n) is 2.63. The molecule has 0 aliphatic carbocycles. The Morgan fingerprint density at radius 3 is 1.96 bits per heavy atom. The number of nitrogens with one attached hydrogen (secondary N) is 1. The van der Waals surface area contributed by atoms with E-state index in [0.717, 1.165) is 0 Å². The van der Waals surface area contributed by atoms with E-state index in [1.165, 1.54) is 58.8 Å². The molecule has 28 heavy (non-hydrogen) atoms. The fourth-order valence-corrected chi connectivity index (χ4v) is 3.78. The highest BCUT2D eigenvalue weighted by molar-refractivity contribution is 7.92. The standard InChI is InChI=1S/C18H23NO8S/c1-24-12-8-16(26-3)18(17(9-12)27-4)14(21)10-28(22,23)19-11-5-6-15(25-2)13(20)7-11/h5-9,14,19-21H,10H2,1-4H3. The molecule has 10 heteroatoms. The molecule has 0 fully saturated rings. The van der Waals surface area contributed by atoms with Gasteiger partial charge in [-0.15, -0.1) is 0 Å². The van der Waals surface area contributed by atoms with Gasteiger partial charge in [0.25, 0.3) is 0 Å². The largest absolute Gasteiger partial charge is 0.504 e. The van der Waals surface area contributed by atoms with Crippen molar-refractivity contribution < 1.29 is 37.6 Å². The van der Waals surface area contributed by atoms with Crippen LogP contribution in [-0.4, -0.2) is 52.8 Å². The molecular formula is C18H23NO8S. The Kier molecular flexibility index (Phi) is 6.81. The summed E-state index contributed by atoms with van der Waals surface area (Å²) in [5, 5.41) is 20.3. The highest BCUT2D eigenvalue weighted by atomic mass is 32.2. The Balaban J connectivity index is 2.28. The Morgan fingerprint density at radius 2 is 1.50 bits per heavy atom. The maximum absolute atomic E-state index is 12.5. The number of aliphatic hydroxyl groups excluding tert-OH is 1. The van der Waals surface area contributed by atoms with E-state index in [0.29, 0.717) is 5.75 Å². The number of hydrogen-bond acceptors (Lipinski definition) is 8. The Hall–Kier alpha value is -2.85. The summed E-state index contributed by atoms with van der Waals surface area (Å²) in [6.07, 6.45) is -1.44. The second kappa shape index (κ2) is 8.89. The number of methoxy groups -OCH3 is 4. The molecule has 154 valence electrons. The van der Waals surface area contributed by atoms with Gasteiger partial charge in [-0.1, -0.05) is 0 Å². The molecular weight excluding hydrogens is 390 g/mol. The van der Waals surface area contributed by atoms with Crippen molar-refractivity contribution in [3.05, 3.63) is 35.9 Å². The van der Waals surface area contributed by atoms with E-state index in [1.54, 1.807) is 0 Å². The van der Waals surface area contributed by atoms with E-state index in [4.69, 9.17) is 18.9 Å². The quantitative estimate of drug-likeness (QED) is 0.570. The molecule has 0 heterocycles. The maximum Gasteiger partial charge on any atom is 0.235 e. The number of anilines is 1. The number of rotatable bonds is 9. The summed E-state index contributed by atoms with van der Waals surface area (Å²) in [5.41, 5.74) is 0.299. The van der Waals surface area contributed by atoms with E-state index >= 15 is 0 Å². The number of phenols is 1. The molecule has 2 aromatic rings.